The Morgan fingerprint density at radius 2 is 1.90 bits per heavy atom. The van der Waals surface area contributed by atoms with Gasteiger partial charge in [-0.05, 0) is 36.4 Å². The Morgan fingerprint density at radius 3 is 2.48 bits per heavy atom. The predicted octanol–water partition coefficient (Wildman–Crippen LogP) is 4.27. The summed E-state index contributed by atoms with van der Waals surface area (Å²) in [5.41, 5.74) is 0.950. The third kappa shape index (κ3) is 3.84. The quantitative estimate of drug-likeness (QED) is 0.609. The van der Waals surface area contributed by atoms with E-state index in [0.717, 1.165) is 4.68 Å². The number of halogens is 3. The number of thioether (sulfide) groups is 1. The average Bonchev–Trinajstić information content (AvgIpc) is 2.84. The Bertz CT molecular complexity index is 667. The van der Waals surface area contributed by atoms with Crippen LogP contribution < -0.4 is 0 Å². The summed E-state index contributed by atoms with van der Waals surface area (Å²) in [6, 6.07) is 2.93. The van der Waals surface area contributed by atoms with Gasteiger partial charge in [-0.2, -0.15) is 5.10 Å². The second-order valence-electron chi connectivity index (χ2n) is 3.81. The Morgan fingerprint density at radius 1 is 1.29 bits per heavy atom. The van der Waals surface area contributed by atoms with E-state index in [0.29, 0.717) is 11.1 Å². The number of alkyl halides is 2. The third-order valence-electron chi connectivity index (χ3n) is 2.38. The van der Waals surface area contributed by atoms with Gasteiger partial charge in [-0.1, -0.05) is 13.8 Å². The van der Waals surface area contributed by atoms with Crippen LogP contribution in [0.4, 0.5) is 13.2 Å². The lowest BCUT2D eigenvalue weighted by Crippen LogP contribution is -2.14. The zero-order valence-electron chi connectivity index (χ0n) is 11.7. The van der Waals surface area contributed by atoms with E-state index in [4.69, 9.17) is 10.8 Å². The molecule has 1 aromatic carbocycles. The van der Waals surface area contributed by atoms with E-state index >= 15 is 0 Å². The minimum Gasteiger partial charge on any atom is -0.293 e. The van der Waals surface area contributed by atoms with E-state index < -0.39 is 17.3 Å². The second-order valence-corrected chi connectivity index (χ2v) is 4.84. The highest BCUT2D eigenvalue weighted by molar-refractivity contribution is 8.26. The fraction of sp³-hybridized carbons (Fsp3) is 0.308. The first kappa shape index (κ1) is 17.2. The van der Waals surface area contributed by atoms with Crippen molar-refractivity contribution < 1.29 is 13.2 Å². The van der Waals surface area contributed by atoms with Gasteiger partial charge in [0.1, 0.15) is 10.9 Å². The molecule has 0 bridgehead atoms. The molecule has 0 radical (unpaired) electrons. The molecule has 1 aromatic heterocycles. The monoisotopic (exact) mass is 316 g/mol. The van der Waals surface area contributed by atoms with Crippen LogP contribution in [0.5, 0.6) is 0 Å². The molecule has 0 aliphatic rings. The van der Waals surface area contributed by atoms with Crippen molar-refractivity contribution in [3.8, 4) is 0 Å². The molecule has 4 nitrogen and oxygen atoms in total. The molecule has 0 aliphatic carbocycles. The van der Waals surface area contributed by atoms with Gasteiger partial charge in [-0.15, -0.1) is 0 Å². The Hall–Kier alpha value is -1.83. The molecule has 0 fully saturated rings. The fourth-order valence-electron chi connectivity index (χ4n) is 1.57. The molecule has 0 atom stereocenters. The molecular formula is C13H15F3N4S. The first-order valence-electron chi connectivity index (χ1n) is 6.17. The molecule has 2 rings (SSSR count). The maximum Gasteiger partial charge on any atom is 0.286 e. The summed E-state index contributed by atoms with van der Waals surface area (Å²) in [5.74, 6) is -0.483. The molecule has 0 spiro atoms. The van der Waals surface area contributed by atoms with Crippen LogP contribution in [0, 0.1) is 23.6 Å². The van der Waals surface area contributed by atoms with Gasteiger partial charge in [-0.3, -0.25) is 10.8 Å². The highest BCUT2D eigenvalue weighted by Gasteiger charge is 2.18. The van der Waals surface area contributed by atoms with E-state index in [1.54, 1.807) is 13.0 Å². The largest absolute Gasteiger partial charge is 0.293 e. The van der Waals surface area contributed by atoms with Gasteiger partial charge >= 0.3 is 0 Å². The van der Waals surface area contributed by atoms with Gasteiger partial charge < -0.3 is 0 Å². The Labute approximate surface area is 124 Å². The molecule has 0 aliphatic heterocycles. The predicted molar refractivity (Wildman–Crippen MR) is 80.2 cm³/mol. The molecule has 21 heavy (non-hydrogen) atoms. The summed E-state index contributed by atoms with van der Waals surface area (Å²) in [7, 11) is 0. The van der Waals surface area contributed by atoms with Crippen molar-refractivity contribution >= 4 is 32.9 Å². The molecule has 0 unspecified atom stereocenters. The van der Waals surface area contributed by atoms with E-state index in [1.165, 1.54) is 12.3 Å². The van der Waals surface area contributed by atoms with Crippen LogP contribution in [-0.4, -0.2) is 26.4 Å². The number of fused-ring (bicyclic) bond motifs is 1. The second kappa shape index (κ2) is 7.26. The van der Waals surface area contributed by atoms with Crippen LogP contribution in [0.25, 0.3) is 10.9 Å². The van der Waals surface area contributed by atoms with Crippen LogP contribution in [0.3, 0.4) is 0 Å². The third-order valence-corrected chi connectivity index (χ3v) is 3.14. The van der Waals surface area contributed by atoms with Crippen molar-refractivity contribution in [1.82, 2.24) is 9.78 Å². The number of aryl methyl sites for hydroxylation is 1. The molecule has 8 heteroatoms. The maximum absolute atomic E-state index is 13.6. The highest BCUT2D eigenvalue weighted by atomic mass is 32.2. The van der Waals surface area contributed by atoms with Crippen molar-refractivity contribution in [2.45, 2.75) is 27.2 Å². The van der Waals surface area contributed by atoms with Gasteiger partial charge in [0, 0.05) is 0 Å². The summed E-state index contributed by atoms with van der Waals surface area (Å²) in [4.78, 5) is 0. The standard InChI is InChI=1S/C11H9F3N4S.C2H6/c1-5-2-7(12)6-4-17-18(8(6)3-5)11(16)19-10(15)9(13)14;1-2/h2-4,9,15-16H,1H3;1-2H3. The number of aromatic nitrogens is 2. The highest BCUT2D eigenvalue weighted by Crippen LogP contribution is 2.22. The van der Waals surface area contributed by atoms with Gasteiger partial charge in [-0.25, -0.2) is 17.9 Å². The minimum atomic E-state index is -2.94. The van der Waals surface area contributed by atoms with Crippen LogP contribution in [-0.2, 0) is 0 Å². The molecule has 1 heterocycles. The molecule has 0 amide bonds. The lowest BCUT2D eigenvalue weighted by Gasteiger charge is -2.06. The number of nitrogens with one attached hydrogen (secondary N) is 2. The first-order valence-corrected chi connectivity index (χ1v) is 6.99. The molecular weight excluding hydrogens is 301 g/mol. The van der Waals surface area contributed by atoms with Gasteiger partial charge in [0.05, 0.1) is 17.1 Å². The van der Waals surface area contributed by atoms with Gasteiger partial charge in [0.15, 0.2) is 5.17 Å². The smallest absolute Gasteiger partial charge is 0.286 e. The molecule has 0 saturated heterocycles. The topological polar surface area (TPSA) is 65.5 Å². The van der Waals surface area contributed by atoms with E-state index in [1.807, 2.05) is 13.8 Å². The Kier molecular flexibility index (Phi) is 5.95. The number of hydrogen-bond acceptors (Lipinski definition) is 4. The van der Waals surface area contributed by atoms with Crippen LogP contribution in [0.2, 0.25) is 0 Å². The van der Waals surface area contributed by atoms with Crippen molar-refractivity contribution in [2.75, 3.05) is 0 Å². The summed E-state index contributed by atoms with van der Waals surface area (Å²) >= 11 is 0.287. The fourth-order valence-corrected chi connectivity index (χ4v) is 2.10. The summed E-state index contributed by atoms with van der Waals surface area (Å²) in [6.07, 6.45) is -1.71. The molecule has 2 N–H and O–H groups in total. The van der Waals surface area contributed by atoms with Crippen molar-refractivity contribution in [2.24, 2.45) is 0 Å². The lowest BCUT2D eigenvalue weighted by molar-refractivity contribution is 0.228. The first-order chi connectivity index (χ1) is 9.90. The van der Waals surface area contributed by atoms with E-state index in [2.05, 4.69) is 5.10 Å². The van der Waals surface area contributed by atoms with Crippen LogP contribution in [0.15, 0.2) is 18.3 Å². The SMILES string of the molecule is CC.Cc1cc(F)c2cnn(C(=N)SC(=N)C(F)F)c2c1. The maximum atomic E-state index is 13.6. The number of rotatable bonds is 1. The molecule has 114 valence electrons. The van der Waals surface area contributed by atoms with Crippen molar-refractivity contribution in [3.63, 3.8) is 0 Å². The van der Waals surface area contributed by atoms with Crippen molar-refractivity contribution in [3.05, 3.63) is 29.7 Å². The summed E-state index contributed by atoms with van der Waals surface area (Å²) < 4.78 is 39.1. The van der Waals surface area contributed by atoms with Crippen LogP contribution in [0.1, 0.15) is 19.4 Å². The van der Waals surface area contributed by atoms with Crippen LogP contribution >= 0.6 is 11.8 Å². The zero-order chi connectivity index (χ0) is 16.2. The summed E-state index contributed by atoms with van der Waals surface area (Å²) in [6.45, 7) is 5.68. The van der Waals surface area contributed by atoms with Crippen molar-refractivity contribution in [1.29, 1.82) is 10.8 Å². The number of nitrogens with zero attached hydrogens (tertiary/aromatic N) is 2. The van der Waals surface area contributed by atoms with E-state index in [-0.39, 0.29) is 22.3 Å². The zero-order valence-corrected chi connectivity index (χ0v) is 12.6. The average molecular weight is 316 g/mol. The lowest BCUT2D eigenvalue weighted by atomic mass is 10.2. The Balaban J connectivity index is 0.00000106. The van der Waals surface area contributed by atoms with E-state index in [9.17, 15) is 13.2 Å². The van der Waals surface area contributed by atoms with Gasteiger partial charge in [0.25, 0.3) is 6.43 Å². The minimum absolute atomic E-state index is 0.208. The molecule has 0 saturated carbocycles. The van der Waals surface area contributed by atoms with Gasteiger partial charge in [0.2, 0.25) is 0 Å². The number of hydrogen-bond donors (Lipinski definition) is 2. The number of benzene rings is 1. The molecule has 2 aromatic rings. The summed E-state index contributed by atoms with van der Waals surface area (Å²) in [5, 5.41) is 17.4. The normalized spacial score (nSPS) is 10.4.